The molecule has 2 aliphatic carbocycles. The van der Waals surface area contributed by atoms with E-state index in [1.165, 1.54) is 51.5 Å². The smallest absolute Gasteiger partial charge is 0.394 e. The number of pyridine rings is 1. The molecule has 1 aromatic heterocycles. The molecule has 6 aliphatic rings. The molecule has 274 valence electrons. The predicted octanol–water partition coefficient (Wildman–Crippen LogP) is 6.48. The molecule has 0 amide bonds. The topological polar surface area (TPSA) is 133 Å². The number of likely N-dealkylation sites (tertiary alicyclic amines) is 1. The Morgan fingerprint density at radius 1 is 1.02 bits per heavy atom. The summed E-state index contributed by atoms with van der Waals surface area (Å²) in [6.45, 7) is 7.33. The summed E-state index contributed by atoms with van der Waals surface area (Å²) in [7, 11) is 1.12. The van der Waals surface area contributed by atoms with Gasteiger partial charge in [-0.15, -0.1) is 23.6 Å². The van der Waals surface area contributed by atoms with E-state index in [0.29, 0.717) is 17.3 Å². The Morgan fingerprint density at radius 3 is 2.42 bits per heavy atom. The maximum Gasteiger partial charge on any atom is 0.394 e. The van der Waals surface area contributed by atoms with Crippen molar-refractivity contribution in [3.63, 3.8) is 0 Å². The summed E-state index contributed by atoms with van der Waals surface area (Å²) >= 11 is 0. The van der Waals surface area contributed by atoms with E-state index < -0.39 is 16.5 Å². The quantitative estimate of drug-likeness (QED) is 0.196. The number of likely N-dealkylation sites (N-methyl/N-ethyl adjacent to an activating group) is 1. The molecule has 1 unspecified atom stereocenters. The van der Waals surface area contributed by atoms with Crippen LogP contribution in [0.1, 0.15) is 67.7 Å². The Hall–Kier alpha value is -2.58. The Kier molecular flexibility index (Phi) is 12.3. The number of fused-ring (bicyclic) bond motifs is 5. The first-order valence-electron chi connectivity index (χ1n) is 17.5. The monoisotopic (exact) mass is 773 g/mol. The van der Waals surface area contributed by atoms with Crippen LogP contribution in [0, 0.1) is 17.8 Å². The minimum absolute atomic E-state index is 0. The van der Waals surface area contributed by atoms with Crippen LogP contribution in [-0.2, 0) is 22.2 Å². The summed E-state index contributed by atoms with van der Waals surface area (Å²) in [5.74, 6) is 3.92. The van der Waals surface area contributed by atoms with Crippen LogP contribution in [-0.4, -0.2) is 90.4 Å². The fourth-order valence-corrected chi connectivity index (χ4v) is 9.75. The molecule has 12 heteroatoms. The molecule has 2 aromatic carbocycles. The highest BCUT2D eigenvalue weighted by Gasteiger charge is 2.53. The molecule has 5 fully saturated rings. The maximum absolute atomic E-state index is 11.2. The van der Waals surface area contributed by atoms with Gasteiger partial charge in [-0.05, 0) is 130 Å². The standard InChI is InChI=1S/C20H24N2O2.C18H25NO.BrH.H2O4S/c1-3-13-12-22-9-7-14(13)10-19(22)20(23)16-6-8-21-18-5-4-15(24-2)11-17(16)18;1-19-10-9-18-8-4-3-5-15(18)17(19)11-13-6-7-14(20-2)12-16(13)18;;1-5(2,3)4/h3-6,8,11,13-14,19-20,23H,1,7,9-10,12H2,2H3;6-7,12,15,17H,3-5,8-11H2,1-2H3;1H;(H2,1,2,3,4)/t13-,14-,19-,20-;15-,17-,18-;;/m01../s1. The molecule has 0 radical (unpaired) electrons. The van der Waals surface area contributed by atoms with Gasteiger partial charge in [0.15, 0.2) is 0 Å². The zero-order chi connectivity index (χ0) is 34.9. The number of ether oxygens (including phenoxy) is 2. The van der Waals surface area contributed by atoms with Gasteiger partial charge in [-0.3, -0.25) is 19.0 Å². The van der Waals surface area contributed by atoms with E-state index in [2.05, 4.69) is 52.7 Å². The third-order valence-electron chi connectivity index (χ3n) is 12.1. The molecule has 3 N–H and O–H groups in total. The van der Waals surface area contributed by atoms with Gasteiger partial charge in [0.25, 0.3) is 0 Å². The number of aliphatic hydroxyl groups is 1. The molecule has 50 heavy (non-hydrogen) atoms. The molecular formula is C38H52BrN3O7S. The second kappa shape index (κ2) is 16.0. The average molecular weight is 775 g/mol. The van der Waals surface area contributed by atoms with E-state index in [0.717, 1.165) is 59.4 Å². The van der Waals surface area contributed by atoms with Crippen LogP contribution in [0.5, 0.6) is 11.5 Å². The van der Waals surface area contributed by atoms with Crippen LogP contribution in [0.25, 0.3) is 10.9 Å². The second-order valence-electron chi connectivity index (χ2n) is 14.5. The molecule has 10 nitrogen and oxygen atoms in total. The number of hydrogen-bond acceptors (Lipinski definition) is 8. The van der Waals surface area contributed by atoms with Gasteiger partial charge < -0.3 is 19.5 Å². The van der Waals surface area contributed by atoms with E-state index >= 15 is 0 Å². The van der Waals surface area contributed by atoms with Gasteiger partial charge in [0.05, 0.1) is 25.8 Å². The fourth-order valence-electron chi connectivity index (χ4n) is 9.75. The average Bonchev–Trinajstić information content (AvgIpc) is 3.11. The SMILES string of the molecule is Br.C=C[C@H]1CN2CC[C@H]1C[C@H]2[C@@H](O)c1ccnc2ccc(OC)cc12.COc1ccc2c(c1)[C@@]13CCCC[C@@H]1[C@@H](C2)N(C)CC3.O=S(=O)(O)O. The van der Waals surface area contributed by atoms with Crippen molar-refractivity contribution in [1.82, 2.24) is 14.8 Å². The molecule has 4 bridgehead atoms. The predicted molar refractivity (Wildman–Crippen MR) is 201 cm³/mol. The van der Waals surface area contributed by atoms with E-state index in [4.69, 9.17) is 27.0 Å². The molecule has 4 aliphatic heterocycles. The first-order valence-corrected chi connectivity index (χ1v) is 18.9. The Morgan fingerprint density at radius 2 is 1.74 bits per heavy atom. The van der Waals surface area contributed by atoms with Crippen molar-refractivity contribution in [2.75, 3.05) is 40.9 Å². The van der Waals surface area contributed by atoms with Crippen LogP contribution in [0.4, 0.5) is 0 Å². The number of methoxy groups -OCH3 is 2. The number of hydrogen-bond donors (Lipinski definition) is 3. The van der Waals surface area contributed by atoms with Gasteiger partial charge in [-0.25, -0.2) is 0 Å². The lowest BCUT2D eigenvalue weighted by molar-refractivity contribution is -0.0444. The zero-order valence-corrected chi connectivity index (χ0v) is 31.8. The second-order valence-corrected chi connectivity index (χ2v) is 15.4. The van der Waals surface area contributed by atoms with Gasteiger partial charge >= 0.3 is 10.4 Å². The van der Waals surface area contributed by atoms with Crippen molar-refractivity contribution in [3.8, 4) is 11.5 Å². The molecule has 4 saturated heterocycles. The fraction of sp³-hybridized carbons (Fsp3) is 0.553. The number of aliphatic hydroxyl groups excluding tert-OH is 1. The third kappa shape index (κ3) is 7.91. The summed E-state index contributed by atoms with van der Waals surface area (Å²) in [6, 6.07) is 15.6. The molecule has 8 atom stereocenters. The van der Waals surface area contributed by atoms with E-state index in [-0.39, 0.29) is 23.0 Å². The number of halogens is 1. The van der Waals surface area contributed by atoms with Gasteiger partial charge in [0, 0.05) is 35.6 Å². The van der Waals surface area contributed by atoms with Crippen molar-refractivity contribution in [2.24, 2.45) is 17.8 Å². The largest absolute Gasteiger partial charge is 0.497 e. The number of benzene rings is 2. The van der Waals surface area contributed by atoms with Crippen LogP contribution < -0.4 is 9.47 Å². The third-order valence-corrected chi connectivity index (χ3v) is 12.1. The number of aromatic nitrogens is 1. The van der Waals surface area contributed by atoms with Gasteiger partial charge in [0.1, 0.15) is 11.5 Å². The summed E-state index contributed by atoms with van der Waals surface area (Å²) < 4.78 is 42.4. The minimum atomic E-state index is -4.67. The Labute approximate surface area is 307 Å². The van der Waals surface area contributed by atoms with E-state index in [9.17, 15) is 5.11 Å². The van der Waals surface area contributed by atoms with Gasteiger partial charge in [-0.2, -0.15) is 8.42 Å². The maximum atomic E-state index is 11.2. The zero-order valence-electron chi connectivity index (χ0n) is 29.3. The lowest BCUT2D eigenvalue weighted by atomic mass is 9.52. The van der Waals surface area contributed by atoms with Crippen molar-refractivity contribution in [1.29, 1.82) is 0 Å². The Balaban J connectivity index is 0.000000170. The summed E-state index contributed by atoms with van der Waals surface area (Å²) in [5.41, 5.74) is 5.52. The normalized spacial score (nSPS) is 30.1. The summed E-state index contributed by atoms with van der Waals surface area (Å²) in [6.07, 6.45) is 13.8. The van der Waals surface area contributed by atoms with Crippen molar-refractivity contribution in [3.05, 3.63) is 78.0 Å². The summed E-state index contributed by atoms with van der Waals surface area (Å²) in [5, 5.41) is 12.1. The van der Waals surface area contributed by atoms with Crippen molar-refractivity contribution >= 4 is 38.3 Å². The van der Waals surface area contributed by atoms with E-state index in [1.807, 2.05) is 24.3 Å². The first kappa shape index (κ1) is 38.6. The number of piperidine rings is 4. The molecule has 3 aromatic rings. The van der Waals surface area contributed by atoms with Gasteiger partial charge in [0.2, 0.25) is 0 Å². The molecule has 1 saturated carbocycles. The van der Waals surface area contributed by atoms with E-state index in [1.54, 1.807) is 31.5 Å². The minimum Gasteiger partial charge on any atom is -0.497 e. The highest BCUT2D eigenvalue weighted by Crippen LogP contribution is 2.56. The lowest BCUT2D eigenvalue weighted by Gasteiger charge is -2.58. The first-order chi connectivity index (χ1) is 23.5. The lowest BCUT2D eigenvalue weighted by Crippen LogP contribution is -2.59. The van der Waals surface area contributed by atoms with Crippen LogP contribution in [0.15, 0.2) is 61.3 Å². The molecular weight excluding hydrogens is 722 g/mol. The van der Waals surface area contributed by atoms with Crippen LogP contribution >= 0.6 is 17.0 Å². The number of rotatable bonds is 5. The Bertz CT molecular complexity index is 1750. The van der Waals surface area contributed by atoms with Crippen molar-refractivity contribution < 1.29 is 32.1 Å². The molecule has 9 rings (SSSR count). The highest BCUT2D eigenvalue weighted by molar-refractivity contribution is 8.93. The highest BCUT2D eigenvalue weighted by atomic mass is 79.9. The van der Waals surface area contributed by atoms with Crippen molar-refractivity contribution in [2.45, 2.75) is 75.0 Å². The van der Waals surface area contributed by atoms with Crippen LogP contribution in [0.2, 0.25) is 0 Å². The van der Waals surface area contributed by atoms with Gasteiger partial charge in [-0.1, -0.05) is 25.0 Å². The van der Waals surface area contributed by atoms with Crippen LogP contribution in [0.3, 0.4) is 0 Å². The number of nitrogens with zero attached hydrogens (tertiary/aromatic N) is 3. The molecule has 0 spiro atoms. The summed E-state index contributed by atoms with van der Waals surface area (Å²) in [4.78, 5) is 9.48. The molecule has 5 heterocycles.